The fourth-order valence-corrected chi connectivity index (χ4v) is 1.09. The van der Waals surface area contributed by atoms with Gasteiger partial charge in [-0.15, -0.1) is 0 Å². The molecule has 0 aromatic heterocycles. The van der Waals surface area contributed by atoms with Gasteiger partial charge < -0.3 is 4.84 Å². The quantitative estimate of drug-likeness (QED) is 0.534. The second-order valence-electron chi connectivity index (χ2n) is 2.00. The van der Waals surface area contributed by atoms with E-state index in [0.29, 0.717) is 10.0 Å². The summed E-state index contributed by atoms with van der Waals surface area (Å²) in [4.78, 5) is 4.49. The summed E-state index contributed by atoms with van der Waals surface area (Å²) in [7, 11) is 1.46. The van der Waals surface area contributed by atoms with Crippen molar-refractivity contribution in [3.05, 3.63) is 33.8 Å². The zero-order chi connectivity index (χ0) is 8.97. The van der Waals surface area contributed by atoms with Crippen molar-refractivity contribution in [2.75, 3.05) is 7.11 Å². The molecule has 0 amide bonds. The van der Waals surface area contributed by atoms with Crippen LogP contribution in [0.25, 0.3) is 0 Å². The van der Waals surface area contributed by atoms with E-state index in [0.717, 1.165) is 5.56 Å². The van der Waals surface area contributed by atoms with Crippen molar-refractivity contribution in [1.82, 2.24) is 0 Å². The molecule has 2 nitrogen and oxygen atoms in total. The number of rotatable bonds is 2. The van der Waals surface area contributed by atoms with Crippen molar-refractivity contribution in [3.8, 4) is 0 Å². The molecule has 63 valence electrons. The molecule has 0 saturated carbocycles. The molecular weight excluding hydrogens is 197 g/mol. The van der Waals surface area contributed by atoms with E-state index >= 15 is 0 Å². The largest absolute Gasteiger partial charge is 0.399 e. The van der Waals surface area contributed by atoms with Gasteiger partial charge in [-0.05, 0) is 12.1 Å². The maximum atomic E-state index is 5.81. The second-order valence-corrected chi connectivity index (χ2v) is 2.82. The molecule has 0 N–H and O–H groups in total. The standard InChI is InChI=1S/C8H6Cl2NO/c1-12-11-5-6-2-3-7(9)4-8(6)10/h2,4-5H,1H3/b11-5+. The minimum atomic E-state index is 0.481. The van der Waals surface area contributed by atoms with E-state index in [1.807, 2.05) is 0 Å². The predicted molar refractivity (Wildman–Crippen MR) is 49.9 cm³/mol. The number of benzene rings is 1. The number of nitrogens with zero attached hydrogens (tertiary/aromatic N) is 1. The third kappa shape index (κ3) is 2.40. The van der Waals surface area contributed by atoms with Crippen LogP contribution >= 0.6 is 23.2 Å². The van der Waals surface area contributed by atoms with E-state index < -0.39 is 0 Å². The van der Waals surface area contributed by atoms with Crippen molar-refractivity contribution in [2.45, 2.75) is 0 Å². The lowest BCUT2D eigenvalue weighted by molar-refractivity contribution is 0.215. The Bertz CT molecular complexity index is 299. The van der Waals surface area contributed by atoms with Crippen LogP contribution in [0.1, 0.15) is 5.56 Å². The van der Waals surface area contributed by atoms with Gasteiger partial charge in [-0.3, -0.25) is 0 Å². The van der Waals surface area contributed by atoms with Gasteiger partial charge in [0.1, 0.15) is 7.11 Å². The van der Waals surface area contributed by atoms with Crippen molar-refractivity contribution < 1.29 is 4.84 Å². The van der Waals surface area contributed by atoms with Gasteiger partial charge in [0.25, 0.3) is 0 Å². The van der Waals surface area contributed by atoms with Crippen LogP contribution in [-0.2, 0) is 4.84 Å². The molecule has 1 aromatic rings. The summed E-state index contributed by atoms with van der Waals surface area (Å²) in [6, 6.07) is 6.03. The average Bonchev–Trinajstić information content (AvgIpc) is 2.03. The van der Waals surface area contributed by atoms with Crippen LogP contribution in [0.4, 0.5) is 0 Å². The zero-order valence-electron chi connectivity index (χ0n) is 6.34. The van der Waals surface area contributed by atoms with Gasteiger partial charge in [0.05, 0.1) is 11.2 Å². The fraction of sp³-hybridized carbons (Fsp3) is 0.125. The van der Waals surface area contributed by atoms with Crippen molar-refractivity contribution in [1.29, 1.82) is 0 Å². The smallest absolute Gasteiger partial charge is 0.106 e. The monoisotopic (exact) mass is 202 g/mol. The summed E-state index contributed by atoms with van der Waals surface area (Å²) in [6.45, 7) is 0. The lowest BCUT2D eigenvalue weighted by atomic mass is 10.2. The highest BCUT2D eigenvalue weighted by atomic mass is 35.5. The van der Waals surface area contributed by atoms with E-state index in [-0.39, 0.29) is 0 Å². The van der Waals surface area contributed by atoms with Crippen molar-refractivity contribution in [3.63, 3.8) is 0 Å². The van der Waals surface area contributed by atoms with E-state index in [9.17, 15) is 0 Å². The Labute approximate surface area is 80.7 Å². The Kier molecular flexibility index (Phi) is 3.38. The van der Waals surface area contributed by atoms with E-state index in [2.05, 4.69) is 16.1 Å². The zero-order valence-corrected chi connectivity index (χ0v) is 7.86. The van der Waals surface area contributed by atoms with E-state index in [4.69, 9.17) is 23.2 Å². The minimum absolute atomic E-state index is 0.481. The van der Waals surface area contributed by atoms with E-state index in [1.165, 1.54) is 13.3 Å². The first-order chi connectivity index (χ1) is 5.74. The first kappa shape index (κ1) is 9.36. The number of hydrogen-bond donors (Lipinski definition) is 0. The van der Waals surface area contributed by atoms with Gasteiger partial charge in [-0.25, -0.2) is 0 Å². The molecule has 0 aliphatic rings. The van der Waals surface area contributed by atoms with Gasteiger partial charge >= 0.3 is 0 Å². The van der Waals surface area contributed by atoms with E-state index in [1.54, 1.807) is 12.1 Å². The first-order valence-corrected chi connectivity index (χ1v) is 3.93. The molecule has 0 aliphatic carbocycles. The first-order valence-electron chi connectivity index (χ1n) is 3.17. The van der Waals surface area contributed by atoms with Crippen LogP contribution < -0.4 is 0 Å². The summed E-state index contributed by atoms with van der Waals surface area (Å²) in [5.74, 6) is 0. The van der Waals surface area contributed by atoms with Crippen molar-refractivity contribution >= 4 is 29.4 Å². The fourth-order valence-electron chi connectivity index (χ4n) is 0.660. The molecule has 0 spiro atoms. The normalized spacial score (nSPS) is 10.6. The lowest BCUT2D eigenvalue weighted by Crippen LogP contribution is -1.83. The van der Waals surface area contributed by atoms with Crippen LogP contribution in [0.5, 0.6) is 0 Å². The SMILES string of the molecule is CO/N=C/c1c[c]c(Cl)cc1Cl. The highest BCUT2D eigenvalue weighted by molar-refractivity contribution is 6.36. The molecule has 0 saturated heterocycles. The molecule has 4 heteroatoms. The van der Waals surface area contributed by atoms with Crippen LogP contribution in [-0.4, -0.2) is 13.3 Å². The molecule has 1 aromatic carbocycles. The van der Waals surface area contributed by atoms with Crippen LogP contribution in [0.2, 0.25) is 10.0 Å². The molecule has 12 heavy (non-hydrogen) atoms. The van der Waals surface area contributed by atoms with Crippen LogP contribution in [0.15, 0.2) is 17.3 Å². The van der Waals surface area contributed by atoms with Gasteiger partial charge in [0.2, 0.25) is 0 Å². The highest BCUT2D eigenvalue weighted by Gasteiger charge is 1.97. The summed E-state index contributed by atoms with van der Waals surface area (Å²) < 4.78 is 0. The Morgan fingerprint density at radius 3 is 2.92 bits per heavy atom. The van der Waals surface area contributed by atoms with Crippen molar-refractivity contribution in [2.24, 2.45) is 5.16 Å². The third-order valence-electron chi connectivity index (χ3n) is 1.19. The molecule has 0 atom stereocenters. The molecule has 1 radical (unpaired) electrons. The maximum Gasteiger partial charge on any atom is 0.106 e. The molecule has 0 heterocycles. The molecule has 0 fully saturated rings. The summed E-state index contributed by atoms with van der Waals surface area (Å²) in [5.41, 5.74) is 0.725. The molecule has 0 bridgehead atoms. The van der Waals surface area contributed by atoms with Crippen LogP contribution in [0, 0.1) is 6.07 Å². The summed E-state index contributed by atoms with van der Waals surface area (Å²) in [5, 5.41) is 4.57. The summed E-state index contributed by atoms with van der Waals surface area (Å²) >= 11 is 11.4. The van der Waals surface area contributed by atoms with Gasteiger partial charge in [-0.2, -0.15) is 0 Å². The number of hydrogen-bond acceptors (Lipinski definition) is 2. The predicted octanol–water partition coefficient (Wildman–Crippen LogP) is 2.77. The molecule has 1 rings (SSSR count). The number of oxime groups is 1. The minimum Gasteiger partial charge on any atom is -0.399 e. The third-order valence-corrected chi connectivity index (χ3v) is 1.74. The second kappa shape index (κ2) is 4.33. The maximum absolute atomic E-state index is 5.81. The Morgan fingerprint density at radius 1 is 1.58 bits per heavy atom. The van der Waals surface area contributed by atoms with Gasteiger partial charge in [0.15, 0.2) is 0 Å². The highest BCUT2D eigenvalue weighted by Crippen LogP contribution is 2.18. The Balaban J connectivity index is 2.94. The lowest BCUT2D eigenvalue weighted by Gasteiger charge is -1.96. The molecule has 0 aliphatic heterocycles. The van der Waals surface area contributed by atoms with Crippen LogP contribution in [0.3, 0.4) is 0 Å². The Morgan fingerprint density at radius 2 is 2.33 bits per heavy atom. The Hall–Kier alpha value is -0.730. The van der Waals surface area contributed by atoms with Gasteiger partial charge in [0, 0.05) is 16.7 Å². The van der Waals surface area contributed by atoms with Gasteiger partial charge in [-0.1, -0.05) is 28.4 Å². The topological polar surface area (TPSA) is 21.6 Å². The molecular formula is C8H6Cl2NO. The average molecular weight is 203 g/mol. The number of halogens is 2. The molecule has 0 unspecified atom stereocenters. The summed E-state index contributed by atoms with van der Waals surface area (Å²) in [6.07, 6.45) is 1.50.